The maximum absolute atomic E-state index is 12.6. The number of ether oxygens (including phenoxy) is 1. The van der Waals surface area contributed by atoms with E-state index in [0.29, 0.717) is 19.4 Å². The zero-order valence-corrected chi connectivity index (χ0v) is 14.4. The SMILES string of the molecule is COc1ccc(CCC(=O)N2CC(O)CC23CCC3)c(Br)c1. The van der Waals surface area contributed by atoms with E-state index in [0.717, 1.165) is 35.0 Å². The molecule has 1 aliphatic heterocycles. The Morgan fingerprint density at radius 3 is 2.86 bits per heavy atom. The summed E-state index contributed by atoms with van der Waals surface area (Å²) in [5.74, 6) is 0.969. The van der Waals surface area contributed by atoms with Crippen molar-refractivity contribution in [2.75, 3.05) is 13.7 Å². The van der Waals surface area contributed by atoms with E-state index in [9.17, 15) is 9.90 Å². The van der Waals surface area contributed by atoms with Crippen molar-refractivity contribution in [2.45, 2.75) is 50.2 Å². The van der Waals surface area contributed by atoms with Gasteiger partial charge in [0.05, 0.1) is 13.2 Å². The van der Waals surface area contributed by atoms with E-state index < -0.39 is 0 Å². The van der Waals surface area contributed by atoms with Gasteiger partial charge in [-0.15, -0.1) is 0 Å². The summed E-state index contributed by atoms with van der Waals surface area (Å²) >= 11 is 3.53. The summed E-state index contributed by atoms with van der Waals surface area (Å²) < 4.78 is 6.16. The summed E-state index contributed by atoms with van der Waals surface area (Å²) in [6.07, 6.45) is 4.85. The van der Waals surface area contributed by atoms with Gasteiger partial charge in [0.2, 0.25) is 5.91 Å². The summed E-state index contributed by atoms with van der Waals surface area (Å²) in [4.78, 5) is 14.5. The summed E-state index contributed by atoms with van der Waals surface area (Å²) in [5.41, 5.74) is 1.07. The Kier molecular flexibility index (Phi) is 4.46. The minimum atomic E-state index is -0.350. The predicted molar refractivity (Wildman–Crippen MR) is 87.9 cm³/mol. The third-order valence-electron chi connectivity index (χ3n) is 5.04. The van der Waals surface area contributed by atoms with Crippen molar-refractivity contribution >= 4 is 21.8 Å². The molecule has 0 bridgehead atoms. The Morgan fingerprint density at radius 1 is 1.50 bits per heavy atom. The highest BCUT2D eigenvalue weighted by atomic mass is 79.9. The van der Waals surface area contributed by atoms with Gasteiger partial charge in [0.1, 0.15) is 5.75 Å². The standard InChI is InChI=1S/C17H22BrNO3/c1-22-14-5-3-12(15(18)9-14)4-6-16(21)19-11-13(20)10-17(19)7-2-8-17/h3,5,9,13,20H,2,4,6-8,10-11H2,1H3. The predicted octanol–water partition coefficient (Wildman–Crippen LogP) is 2.91. The zero-order chi connectivity index (χ0) is 15.7. The van der Waals surface area contributed by atoms with Crippen LogP contribution in [0.1, 0.15) is 37.7 Å². The average Bonchev–Trinajstić information content (AvgIpc) is 2.83. The summed E-state index contributed by atoms with van der Waals surface area (Å²) in [5, 5.41) is 9.92. The van der Waals surface area contributed by atoms with Crippen LogP contribution in [0.25, 0.3) is 0 Å². The lowest BCUT2D eigenvalue weighted by atomic mass is 9.74. The van der Waals surface area contributed by atoms with Gasteiger partial charge in [-0.25, -0.2) is 0 Å². The number of β-amino-alcohol motifs (C(OH)–C–C–N with tert-alkyl or cyclic N) is 1. The van der Waals surface area contributed by atoms with Crippen molar-refractivity contribution in [3.05, 3.63) is 28.2 Å². The number of aryl methyl sites for hydroxylation is 1. The molecule has 1 amide bonds. The Morgan fingerprint density at radius 2 is 2.27 bits per heavy atom. The van der Waals surface area contributed by atoms with Gasteiger partial charge in [0.15, 0.2) is 0 Å². The van der Waals surface area contributed by atoms with E-state index in [1.807, 2.05) is 23.1 Å². The first-order chi connectivity index (χ1) is 10.5. The number of hydrogen-bond acceptors (Lipinski definition) is 3. The van der Waals surface area contributed by atoms with Gasteiger partial charge >= 0.3 is 0 Å². The van der Waals surface area contributed by atoms with Crippen molar-refractivity contribution in [2.24, 2.45) is 0 Å². The second-order valence-electron chi connectivity index (χ2n) is 6.40. The fourth-order valence-electron chi connectivity index (χ4n) is 3.68. The molecule has 1 N–H and O–H groups in total. The lowest BCUT2D eigenvalue weighted by Crippen LogP contribution is -2.52. The number of carbonyl (C=O) groups excluding carboxylic acids is 1. The Balaban J connectivity index is 1.63. The summed E-state index contributed by atoms with van der Waals surface area (Å²) in [6.45, 7) is 0.503. The smallest absolute Gasteiger partial charge is 0.223 e. The van der Waals surface area contributed by atoms with E-state index in [2.05, 4.69) is 15.9 Å². The van der Waals surface area contributed by atoms with Crippen LogP contribution < -0.4 is 4.74 Å². The van der Waals surface area contributed by atoms with Crippen LogP contribution in [0.3, 0.4) is 0 Å². The number of methoxy groups -OCH3 is 1. The molecule has 1 saturated heterocycles. The van der Waals surface area contributed by atoms with Gasteiger partial charge in [-0.2, -0.15) is 0 Å². The van der Waals surface area contributed by atoms with Crippen LogP contribution in [-0.4, -0.2) is 41.2 Å². The van der Waals surface area contributed by atoms with E-state index >= 15 is 0 Å². The molecule has 2 fully saturated rings. The molecule has 5 heteroatoms. The van der Waals surface area contributed by atoms with Gasteiger partial charge in [0.25, 0.3) is 0 Å². The highest BCUT2D eigenvalue weighted by Crippen LogP contribution is 2.45. The summed E-state index contributed by atoms with van der Waals surface area (Å²) in [7, 11) is 1.64. The number of halogens is 1. The lowest BCUT2D eigenvalue weighted by Gasteiger charge is -2.45. The molecule has 1 aliphatic carbocycles. The van der Waals surface area contributed by atoms with Crippen molar-refractivity contribution in [1.29, 1.82) is 0 Å². The topological polar surface area (TPSA) is 49.8 Å². The molecule has 1 aromatic carbocycles. The quantitative estimate of drug-likeness (QED) is 0.889. The normalized spacial score (nSPS) is 22.7. The maximum atomic E-state index is 12.6. The Labute approximate surface area is 139 Å². The fourth-order valence-corrected chi connectivity index (χ4v) is 4.23. The Bertz CT molecular complexity index is 571. The van der Waals surface area contributed by atoms with Crippen molar-refractivity contribution in [1.82, 2.24) is 4.90 Å². The van der Waals surface area contributed by atoms with Gasteiger partial charge in [0, 0.05) is 23.0 Å². The number of likely N-dealkylation sites (tertiary alicyclic amines) is 1. The highest BCUT2D eigenvalue weighted by Gasteiger charge is 2.50. The molecule has 1 saturated carbocycles. The maximum Gasteiger partial charge on any atom is 0.223 e. The van der Waals surface area contributed by atoms with Crippen LogP contribution in [0.5, 0.6) is 5.75 Å². The number of aliphatic hydroxyl groups excluding tert-OH is 1. The van der Waals surface area contributed by atoms with Crippen LogP contribution in [0, 0.1) is 0 Å². The minimum Gasteiger partial charge on any atom is -0.497 e. The third-order valence-corrected chi connectivity index (χ3v) is 5.77. The monoisotopic (exact) mass is 367 g/mol. The fraction of sp³-hybridized carbons (Fsp3) is 0.588. The number of amides is 1. The largest absolute Gasteiger partial charge is 0.497 e. The average molecular weight is 368 g/mol. The minimum absolute atomic E-state index is 0.0341. The van der Waals surface area contributed by atoms with Crippen molar-refractivity contribution in [3.63, 3.8) is 0 Å². The molecule has 1 atom stereocenters. The second-order valence-corrected chi connectivity index (χ2v) is 7.25. The van der Waals surface area contributed by atoms with E-state index in [-0.39, 0.29) is 17.6 Å². The lowest BCUT2D eigenvalue weighted by molar-refractivity contribution is -0.138. The number of aliphatic hydroxyl groups is 1. The van der Waals surface area contributed by atoms with E-state index in [1.54, 1.807) is 7.11 Å². The van der Waals surface area contributed by atoms with Crippen LogP contribution in [0.4, 0.5) is 0 Å². The van der Waals surface area contributed by atoms with Gasteiger partial charge in [-0.1, -0.05) is 22.0 Å². The van der Waals surface area contributed by atoms with Crippen LogP contribution in [0.15, 0.2) is 22.7 Å². The number of carbonyl (C=O) groups is 1. The molecule has 120 valence electrons. The molecule has 1 spiro atoms. The van der Waals surface area contributed by atoms with Crippen LogP contribution in [0.2, 0.25) is 0 Å². The summed E-state index contributed by atoms with van der Waals surface area (Å²) in [6, 6.07) is 5.83. The van der Waals surface area contributed by atoms with Gasteiger partial charge in [-0.05, 0) is 49.8 Å². The number of benzene rings is 1. The molecule has 4 nitrogen and oxygen atoms in total. The molecule has 0 radical (unpaired) electrons. The van der Waals surface area contributed by atoms with Gasteiger partial charge in [-0.3, -0.25) is 4.79 Å². The van der Waals surface area contributed by atoms with E-state index in [1.165, 1.54) is 6.42 Å². The molecular formula is C17H22BrNO3. The zero-order valence-electron chi connectivity index (χ0n) is 12.8. The molecule has 1 heterocycles. The second kappa shape index (κ2) is 6.20. The molecule has 1 aromatic rings. The first-order valence-corrected chi connectivity index (χ1v) is 8.64. The van der Waals surface area contributed by atoms with Crippen LogP contribution >= 0.6 is 15.9 Å². The van der Waals surface area contributed by atoms with Crippen molar-refractivity contribution < 1.29 is 14.6 Å². The first kappa shape index (κ1) is 15.8. The van der Waals surface area contributed by atoms with Gasteiger partial charge < -0.3 is 14.7 Å². The number of hydrogen-bond donors (Lipinski definition) is 1. The molecule has 1 unspecified atom stereocenters. The molecule has 0 aromatic heterocycles. The number of rotatable bonds is 4. The molecule has 3 rings (SSSR count). The molecular weight excluding hydrogens is 346 g/mol. The molecule has 22 heavy (non-hydrogen) atoms. The third kappa shape index (κ3) is 2.88. The van der Waals surface area contributed by atoms with Crippen molar-refractivity contribution in [3.8, 4) is 5.75 Å². The van der Waals surface area contributed by atoms with E-state index in [4.69, 9.17) is 4.74 Å². The highest BCUT2D eigenvalue weighted by molar-refractivity contribution is 9.10. The first-order valence-electron chi connectivity index (χ1n) is 7.85. The van der Waals surface area contributed by atoms with Crippen LogP contribution in [-0.2, 0) is 11.2 Å². The Hall–Kier alpha value is -1.07. The molecule has 2 aliphatic rings. The number of nitrogens with zero attached hydrogens (tertiary/aromatic N) is 1.